The Kier molecular flexibility index (Phi) is 12.4. The number of thioether (sulfide) groups is 1. The Morgan fingerprint density at radius 1 is 1.32 bits per heavy atom. The maximum atomic E-state index is 5.11. The van der Waals surface area contributed by atoms with Crippen molar-refractivity contribution in [2.45, 2.75) is 30.0 Å². The van der Waals surface area contributed by atoms with Gasteiger partial charge in [-0.1, -0.05) is 22.9 Å². The van der Waals surface area contributed by atoms with Crippen LogP contribution in [0, 0.1) is 0 Å². The summed E-state index contributed by atoms with van der Waals surface area (Å²) in [6.07, 6.45) is 0. The molecule has 126 valence electrons. The summed E-state index contributed by atoms with van der Waals surface area (Å²) >= 11 is 5.29. The summed E-state index contributed by atoms with van der Waals surface area (Å²) in [5.74, 6) is 0.808. The summed E-state index contributed by atoms with van der Waals surface area (Å²) in [6.45, 7) is 5.77. The smallest absolute Gasteiger partial charge is 0.191 e. The molecule has 0 heterocycles. The van der Waals surface area contributed by atoms with Crippen molar-refractivity contribution in [2.75, 3.05) is 27.3 Å². The highest BCUT2D eigenvalue weighted by Gasteiger charge is 2.08. The van der Waals surface area contributed by atoms with E-state index in [9.17, 15) is 0 Å². The third-order valence-electron chi connectivity index (χ3n) is 2.73. The summed E-state index contributed by atoms with van der Waals surface area (Å²) in [5, 5.41) is 7.08. The largest absolute Gasteiger partial charge is 0.383 e. The number of guanidine groups is 1. The summed E-state index contributed by atoms with van der Waals surface area (Å²) < 4.78 is 6.22. The van der Waals surface area contributed by atoms with Gasteiger partial charge in [-0.15, -0.1) is 35.7 Å². The second-order valence-corrected chi connectivity index (χ2v) is 7.26. The van der Waals surface area contributed by atoms with Crippen LogP contribution in [0.5, 0.6) is 0 Å². The molecule has 1 rings (SSSR count). The van der Waals surface area contributed by atoms with E-state index in [1.807, 2.05) is 11.8 Å². The Labute approximate surface area is 163 Å². The fourth-order valence-corrected chi connectivity index (χ4v) is 2.94. The molecule has 0 aliphatic rings. The van der Waals surface area contributed by atoms with Gasteiger partial charge in [0.05, 0.1) is 6.61 Å². The van der Waals surface area contributed by atoms with Gasteiger partial charge in [0.1, 0.15) is 0 Å². The van der Waals surface area contributed by atoms with Crippen LogP contribution in [0.15, 0.2) is 38.6 Å². The molecule has 0 aliphatic carbocycles. The van der Waals surface area contributed by atoms with Gasteiger partial charge in [-0.2, -0.15) is 0 Å². The van der Waals surface area contributed by atoms with Gasteiger partial charge in [-0.05, 0) is 31.2 Å². The SMILES string of the molecule is CN=C(NCC(C)Sc1ccc(Br)cc1)NC(C)COC.I. The third-order valence-corrected chi connectivity index (χ3v) is 4.37. The zero-order chi connectivity index (χ0) is 15.7. The molecule has 0 saturated carbocycles. The maximum Gasteiger partial charge on any atom is 0.191 e. The number of hydrogen-bond donors (Lipinski definition) is 2. The Morgan fingerprint density at radius 2 is 1.95 bits per heavy atom. The van der Waals surface area contributed by atoms with E-state index in [0.29, 0.717) is 11.9 Å². The molecule has 0 radical (unpaired) electrons. The Hall–Kier alpha value is 0.01000. The molecule has 0 saturated heterocycles. The quantitative estimate of drug-likeness (QED) is 0.258. The number of aliphatic imine (C=N–C) groups is 1. The van der Waals surface area contributed by atoms with Crippen LogP contribution in [0.1, 0.15) is 13.8 Å². The molecule has 0 spiro atoms. The van der Waals surface area contributed by atoms with Crippen LogP contribution in [0.4, 0.5) is 0 Å². The predicted molar refractivity (Wildman–Crippen MR) is 111 cm³/mol. The molecular weight excluding hydrogens is 477 g/mol. The molecule has 2 unspecified atom stereocenters. The fourth-order valence-electron chi connectivity index (χ4n) is 1.75. The first-order valence-corrected chi connectivity index (χ1v) is 8.60. The molecule has 4 nitrogen and oxygen atoms in total. The average molecular weight is 502 g/mol. The van der Waals surface area contributed by atoms with Crippen LogP contribution in [-0.2, 0) is 4.74 Å². The van der Waals surface area contributed by atoms with Gasteiger partial charge in [0.25, 0.3) is 0 Å². The first kappa shape index (κ1) is 22.0. The Balaban J connectivity index is 0.00000441. The van der Waals surface area contributed by atoms with Crippen molar-refractivity contribution in [1.82, 2.24) is 10.6 Å². The highest BCUT2D eigenvalue weighted by molar-refractivity contribution is 14.0. The maximum absolute atomic E-state index is 5.11. The van der Waals surface area contributed by atoms with E-state index in [2.05, 4.69) is 69.7 Å². The summed E-state index contributed by atoms with van der Waals surface area (Å²) in [5.41, 5.74) is 0. The number of nitrogens with one attached hydrogen (secondary N) is 2. The fraction of sp³-hybridized carbons (Fsp3) is 0.533. The zero-order valence-corrected chi connectivity index (χ0v) is 18.2. The van der Waals surface area contributed by atoms with Gasteiger partial charge in [0, 0.05) is 41.4 Å². The second kappa shape index (κ2) is 12.4. The predicted octanol–water partition coefficient (Wildman–Crippen LogP) is 3.75. The number of methoxy groups -OCH3 is 1. The Morgan fingerprint density at radius 3 is 2.50 bits per heavy atom. The minimum Gasteiger partial charge on any atom is -0.383 e. The lowest BCUT2D eigenvalue weighted by molar-refractivity contribution is 0.179. The van der Waals surface area contributed by atoms with Gasteiger partial charge in [0.2, 0.25) is 0 Å². The van der Waals surface area contributed by atoms with Gasteiger partial charge < -0.3 is 15.4 Å². The van der Waals surface area contributed by atoms with Crippen molar-refractivity contribution in [2.24, 2.45) is 4.99 Å². The third kappa shape index (κ3) is 9.22. The Bertz CT molecular complexity index is 445. The van der Waals surface area contributed by atoms with Gasteiger partial charge >= 0.3 is 0 Å². The minimum atomic E-state index is 0. The molecule has 2 atom stereocenters. The van der Waals surface area contributed by atoms with E-state index in [1.165, 1.54) is 4.90 Å². The second-order valence-electron chi connectivity index (χ2n) is 4.84. The summed E-state index contributed by atoms with van der Waals surface area (Å²) in [4.78, 5) is 5.49. The van der Waals surface area contributed by atoms with Gasteiger partial charge in [-0.3, -0.25) is 4.99 Å². The van der Waals surface area contributed by atoms with Crippen molar-refractivity contribution in [3.05, 3.63) is 28.7 Å². The van der Waals surface area contributed by atoms with E-state index < -0.39 is 0 Å². The molecule has 7 heteroatoms. The normalized spacial score (nSPS) is 14.0. The van der Waals surface area contributed by atoms with Crippen LogP contribution < -0.4 is 10.6 Å². The van der Waals surface area contributed by atoms with E-state index in [4.69, 9.17) is 4.74 Å². The monoisotopic (exact) mass is 501 g/mol. The van der Waals surface area contributed by atoms with Crippen molar-refractivity contribution in [3.8, 4) is 0 Å². The molecule has 0 aromatic heterocycles. The van der Waals surface area contributed by atoms with Crippen molar-refractivity contribution < 1.29 is 4.74 Å². The van der Waals surface area contributed by atoms with Crippen LogP contribution in [0.25, 0.3) is 0 Å². The first-order valence-electron chi connectivity index (χ1n) is 6.93. The molecule has 0 bridgehead atoms. The summed E-state index contributed by atoms with van der Waals surface area (Å²) in [6, 6.07) is 8.61. The van der Waals surface area contributed by atoms with Gasteiger partial charge in [0.15, 0.2) is 5.96 Å². The topological polar surface area (TPSA) is 45.7 Å². The number of halogens is 2. The highest BCUT2D eigenvalue weighted by atomic mass is 127. The summed E-state index contributed by atoms with van der Waals surface area (Å²) in [7, 11) is 3.48. The highest BCUT2D eigenvalue weighted by Crippen LogP contribution is 2.24. The van der Waals surface area contributed by atoms with Crippen molar-refractivity contribution in [1.29, 1.82) is 0 Å². The molecule has 0 amide bonds. The molecule has 1 aromatic carbocycles. The molecule has 2 N–H and O–H groups in total. The number of nitrogens with zero attached hydrogens (tertiary/aromatic N) is 1. The number of ether oxygens (including phenoxy) is 1. The van der Waals surface area contributed by atoms with E-state index >= 15 is 0 Å². The first-order chi connectivity index (χ1) is 10.0. The number of hydrogen-bond acceptors (Lipinski definition) is 3. The molecule has 0 aliphatic heterocycles. The van der Waals surface area contributed by atoms with Crippen LogP contribution in [0.2, 0.25) is 0 Å². The number of rotatable bonds is 7. The lowest BCUT2D eigenvalue weighted by atomic mass is 10.4. The van der Waals surface area contributed by atoms with Crippen LogP contribution >= 0.6 is 51.7 Å². The number of benzene rings is 1. The van der Waals surface area contributed by atoms with Crippen LogP contribution in [-0.4, -0.2) is 44.6 Å². The van der Waals surface area contributed by atoms with Crippen molar-refractivity contribution >= 4 is 57.6 Å². The lowest BCUT2D eigenvalue weighted by Gasteiger charge is -2.19. The zero-order valence-electron chi connectivity index (χ0n) is 13.4. The van der Waals surface area contributed by atoms with E-state index in [0.717, 1.165) is 17.0 Å². The van der Waals surface area contributed by atoms with E-state index in [-0.39, 0.29) is 30.0 Å². The van der Waals surface area contributed by atoms with Crippen molar-refractivity contribution in [3.63, 3.8) is 0 Å². The molecule has 22 heavy (non-hydrogen) atoms. The van der Waals surface area contributed by atoms with Crippen LogP contribution in [0.3, 0.4) is 0 Å². The van der Waals surface area contributed by atoms with Gasteiger partial charge in [-0.25, -0.2) is 0 Å². The minimum absolute atomic E-state index is 0. The van der Waals surface area contributed by atoms with E-state index in [1.54, 1.807) is 14.2 Å². The average Bonchev–Trinajstić information content (AvgIpc) is 2.46. The molecular formula is C15H25BrIN3OS. The lowest BCUT2D eigenvalue weighted by Crippen LogP contribution is -2.45. The molecule has 1 aromatic rings. The molecule has 0 fully saturated rings. The standard InChI is InChI=1S/C15H24BrN3OS.HI/c1-11(10-20-4)19-15(17-3)18-9-12(2)21-14-7-5-13(16)6-8-14;/h5-8,11-12H,9-10H2,1-4H3,(H2,17,18,19);1H.